The van der Waals surface area contributed by atoms with Gasteiger partial charge in [-0.15, -0.1) is 0 Å². The summed E-state index contributed by atoms with van der Waals surface area (Å²) in [6, 6.07) is 12.2. The van der Waals surface area contributed by atoms with Crippen LogP contribution in [0.3, 0.4) is 0 Å². The van der Waals surface area contributed by atoms with E-state index in [-0.39, 0.29) is 12.1 Å². The maximum absolute atomic E-state index is 5.99. The summed E-state index contributed by atoms with van der Waals surface area (Å²) in [5.74, 6) is 0.915. The van der Waals surface area contributed by atoms with Gasteiger partial charge in [0, 0.05) is 31.6 Å². The minimum absolute atomic E-state index is 0.0105. The molecule has 5 nitrogen and oxygen atoms in total. The summed E-state index contributed by atoms with van der Waals surface area (Å²) in [5, 5.41) is 0. The first-order chi connectivity index (χ1) is 11.7. The van der Waals surface area contributed by atoms with Crippen LogP contribution in [-0.2, 0) is 4.74 Å². The van der Waals surface area contributed by atoms with Crippen LogP contribution in [0.4, 0.5) is 5.82 Å². The lowest BCUT2D eigenvalue weighted by Gasteiger charge is -2.30. The number of nitrogens with zero attached hydrogens (tertiary/aromatic N) is 4. The zero-order chi connectivity index (χ0) is 16.5. The van der Waals surface area contributed by atoms with Crippen LogP contribution in [-0.4, -0.2) is 34.6 Å². The predicted molar refractivity (Wildman–Crippen MR) is 94.0 cm³/mol. The second-order valence-electron chi connectivity index (χ2n) is 6.17. The van der Waals surface area contributed by atoms with Crippen LogP contribution in [0.5, 0.6) is 0 Å². The third-order valence-electron chi connectivity index (χ3n) is 4.62. The minimum atomic E-state index is 0.0105. The number of aryl methyl sites for hydroxylation is 1. The van der Waals surface area contributed by atoms with Gasteiger partial charge in [-0.3, -0.25) is 4.98 Å². The highest BCUT2D eigenvalue weighted by Gasteiger charge is 2.34. The van der Waals surface area contributed by atoms with E-state index < -0.39 is 0 Å². The van der Waals surface area contributed by atoms with Gasteiger partial charge < -0.3 is 9.64 Å². The number of rotatable bonds is 3. The van der Waals surface area contributed by atoms with Crippen molar-refractivity contribution >= 4 is 16.9 Å². The summed E-state index contributed by atoms with van der Waals surface area (Å²) >= 11 is 0. The molecule has 122 valence electrons. The Bertz CT molecular complexity index is 852. The summed E-state index contributed by atoms with van der Waals surface area (Å²) in [4.78, 5) is 16.0. The number of benzene rings is 1. The number of ether oxygens (including phenoxy) is 1. The first-order valence-corrected chi connectivity index (χ1v) is 8.22. The van der Waals surface area contributed by atoms with E-state index in [1.807, 2.05) is 43.5 Å². The van der Waals surface area contributed by atoms with E-state index in [1.54, 1.807) is 6.20 Å². The Morgan fingerprint density at radius 2 is 1.88 bits per heavy atom. The third kappa shape index (κ3) is 2.61. The molecular formula is C19H20N4O. The molecule has 1 aliphatic heterocycles. The molecule has 1 fully saturated rings. The van der Waals surface area contributed by atoms with Crippen LogP contribution in [0.1, 0.15) is 23.8 Å². The van der Waals surface area contributed by atoms with Gasteiger partial charge in [-0.2, -0.15) is 0 Å². The van der Waals surface area contributed by atoms with Crippen molar-refractivity contribution in [3.63, 3.8) is 0 Å². The smallest absolute Gasteiger partial charge is 0.150 e. The number of para-hydroxylation sites is 2. The monoisotopic (exact) mass is 320 g/mol. The molecule has 0 radical (unpaired) electrons. The Labute approximate surface area is 141 Å². The first-order valence-electron chi connectivity index (χ1n) is 8.22. The zero-order valence-corrected chi connectivity index (χ0v) is 13.9. The van der Waals surface area contributed by atoms with Crippen molar-refractivity contribution in [1.82, 2.24) is 15.0 Å². The van der Waals surface area contributed by atoms with Gasteiger partial charge in [0.15, 0.2) is 5.82 Å². The zero-order valence-electron chi connectivity index (χ0n) is 13.9. The Balaban J connectivity index is 1.70. The van der Waals surface area contributed by atoms with Crippen molar-refractivity contribution in [3.05, 3.63) is 60.0 Å². The SMILES string of the molecule is Cc1nc2ccccc2nc1N(C)[C@H]1CCO[C@@H]1c1cccnc1. The molecule has 2 atom stereocenters. The topological polar surface area (TPSA) is 51.1 Å². The minimum Gasteiger partial charge on any atom is -0.371 e. The van der Waals surface area contributed by atoms with Crippen LogP contribution in [0.25, 0.3) is 11.0 Å². The van der Waals surface area contributed by atoms with Crippen molar-refractivity contribution in [2.75, 3.05) is 18.6 Å². The van der Waals surface area contributed by atoms with E-state index in [9.17, 15) is 0 Å². The van der Waals surface area contributed by atoms with Crippen LogP contribution in [0.2, 0.25) is 0 Å². The van der Waals surface area contributed by atoms with Crippen LogP contribution >= 0.6 is 0 Å². The maximum atomic E-state index is 5.99. The fourth-order valence-electron chi connectivity index (χ4n) is 3.41. The molecule has 1 aliphatic rings. The van der Waals surface area contributed by atoms with Crippen molar-refractivity contribution in [3.8, 4) is 0 Å². The number of likely N-dealkylation sites (N-methyl/N-ethyl adjacent to an activating group) is 1. The molecule has 3 heterocycles. The van der Waals surface area contributed by atoms with E-state index >= 15 is 0 Å². The van der Waals surface area contributed by atoms with Crippen molar-refractivity contribution in [1.29, 1.82) is 0 Å². The molecule has 0 N–H and O–H groups in total. The average Bonchev–Trinajstić information content (AvgIpc) is 3.11. The fourth-order valence-corrected chi connectivity index (χ4v) is 3.41. The van der Waals surface area contributed by atoms with Gasteiger partial charge in [-0.1, -0.05) is 18.2 Å². The van der Waals surface area contributed by atoms with Gasteiger partial charge in [0.25, 0.3) is 0 Å². The second kappa shape index (κ2) is 6.17. The lowest BCUT2D eigenvalue weighted by atomic mass is 10.0. The van der Waals surface area contributed by atoms with Crippen LogP contribution in [0.15, 0.2) is 48.8 Å². The number of fused-ring (bicyclic) bond motifs is 1. The third-order valence-corrected chi connectivity index (χ3v) is 4.62. The molecule has 0 amide bonds. The van der Waals surface area contributed by atoms with Gasteiger partial charge >= 0.3 is 0 Å². The second-order valence-corrected chi connectivity index (χ2v) is 6.17. The van der Waals surface area contributed by atoms with E-state index in [1.165, 1.54) is 0 Å². The van der Waals surface area contributed by atoms with Crippen molar-refractivity contribution in [2.24, 2.45) is 0 Å². The summed E-state index contributed by atoms with van der Waals surface area (Å²) < 4.78 is 5.99. The molecule has 0 aliphatic carbocycles. The summed E-state index contributed by atoms with van der Waals surface area (Å²) in [6.07, 6.45) is 4.65. The Kier molecular flexibility index (Phi) is 3.86. The molecule has 4 rings (SSSR count). The van der Waals surface area contributed by atoms with Crippen LogP contribution < -0.4 is 4.90 Å². The lowest BCUT2D eigenvalue weighted by Crippen LogP contribution is -2.35. The molecule has 2 aromatic heterocycles. The summed E-state index contributed by atoms with van der Waals surface area (Å²) in [5.41, 5.74) is 3.90. The van der Waals surface area contributed by atoms with Crippen molar-refractivity contribution in [2.45, 2.75) is 25.5 Å². The predicted octanol–water partition coefficient (Wildman–Crippen LogP) is 3.30. The van der Waals surface area contributed by atoms with E-state index in [0.717, 1.165) is 41.1 Å². The molecule has 1 aromatic carbocycles. The molecule has 0 bridgehead atoms. The number of pyridine rings is 1. The van der Waals surface area contributed by atoms with Gasteiger partial charge in [0.05, 0.1) is 22.8 Å². The summed E-state index contributed by atoms with van der Waals surface area (Å²) in [7, 11) is 2.08. The number of aromatic nitrogens is 3. The maximum Gasteiger partial charge on any atom is 0.150 e. The van der Waals surface area contributed by atoms with Crippen LogP contribution in [0, 0.1) is 6.92 Å². The highest BCUT2D eigenvalue weighted by Crippen LogP contribution is 2.34. The molecule has 0 unspecified atom stereocenters. The van der Waals surface area contributed by atoms with E-state index in [2.05, 4.69) is 23.0 Å². The highest BCUT2D eigenvalue weighted by atomic mass is 16.5. The Morgan fingerprint density at radius 3 is 2.62 bits per heavy atom. The summed E-state index contributed by atoms with van der Waals surface area (Å²) in [6.45, 7) is 2.76. The van der Waals surface area contributed by atoms with Crippen molar-refractivity contribution < 1.29 is 4.74 Å². The van der Waals surface area contributed by atoms with Gasteiger partial charge in [-0.05, 0) is 31.5 Å². The largest absolute Gasteiger partial charge is 0.371 e. The molecule has 1 saturated heterocycles. The average molecular weight is 320 g/mol. The highest BCUT2D eigenvalue weighted by molar-refractivity contribution is 5.76. The quantitative estimate of drug-likeness (QED) is 0.741. The molecular weight excluding hydrogens is 300 g/mol. The molecule has 5 heteroatoms. The Morgan fingerprint density at radius 1 is 1.08 bits per heavy atom. The molecule has 0 saturated carbocycles. The van der Waals surface area contributed by atoms with E-state index in [4.69, 9.17) is 14.7 Å². The Hall–Kier alpha value is -2.53. The normalized spacial score (nSPS) is 20.4. The molecule has 24 heavy (non-hydrogen) atoms. The lowest BCUT2D eigenvalue weighted by molar-refractivity contribution is 0.104. The number of hydrogen-bond donors (Lipinski definition) is 0. The van der Waals surface area contributed by atoms with E-state index in [0.29, 0.717) is 0 Å². The first kappa shape index (κ1) is 15.0. The van der Waals surface area contributed by atoms with Gasteiger partial charge in [0.2, 0.25) is 0 Å². The number of hydrogen-bond acceptors (Lipinski definition) is 5. The molecule has 0 spiro atoms. The van der Waals surface area contributed by atoms with Gasteiger partial charge in [-0.25, -0.2) is 9.97 Å². The standard InChI is InChI=1S/C19H20N4O/c1-13-19(22-16-8-4-3-7-15(16)21-13)23(2)17-9-11-24-18(17)14-6-5-10-20-12-14/h3-8,10,12,17-18H,9,11H2,1-2H3/t17-,18+/m0/s1. The van der Waals surface area contributed by atoms with Gasteiger partial charge in [0.1, 0.15) is 6.10 Å². The fraction of sp³-hybridized carbons (Fsp3) is 0.316. The number of anilines is 1. The molecule has 3 aromatic rings.